The number of piperidine rings is 1. The van der Waals surface area contributed by atoms with E-state index < -0.39 is 5.60 Å². The average Bonchev–Trinajstić information content (AvgIpc) is 3.43. The highest BCUT2D eigenvalue weighted by molar-refractivity contribution is 7.09. The molecule has 6 nitrogen and oxygen atoms in total. The lowest BCUT2D eigenvalue weighted by atomic mass is 9.83. The van der Waals surface area contributed by atoms with Crippen molar-refractivity contribution in [2.45, 2.75) is 37.4 Å². The predicted molar refractivity (Wildman–Crippen MR) is 105 cm³/mol. The van der Waals surface area contributed by atoms with E-state index in [1.54, 1.807) is 6.20 Å². The first-order chi connectivity index (χ1) is 13.5. The van der Waals surface area contributed by atoms with Gasteiger partial charge >= 0.3 is 0 Å². The van der Waals surface area contributed by atoms with Crippen molar-refractivity contribution in [1.82, 2.24) is 9.88 Å². The molecule has 2 fully saturated rings. The van der Waals surface area contributed by atoms with Gasteiger partial charge in [0.25, 0.3) is 5.91 Å². The van der Waals surface area contributed by atoms with Crippen LogP contribution in [0.5, 0.6) is 0 Å². The lowest BCUT2D eigenvalue weighted by molar-refractivity contribution is -0.0434. The van der Waals surface area contributed by atoms with Gasteiger partial charge in [-0.3, -0.25) is 4.79 Å². The van der Waals surface area contributed by atoms with Gasteiger partial charge in [-0.1, -0.05) is 18.2 Å². The molecule has 0 radical (unpaired) electrons. The molecular formula is C21H22N2O4S. The number of ether oxygens (including phenoxy) is 1. The van der Waals surface area contributed by atoms with E-state index in [0.29, 0.717) is 43.1 Å². The van der Waals surface area contributed by atoms with Crippen molar-refractivity contribution in [3.63, 3.8) is 0 Å². The number of aryl methyl sites for hydroxylation is 1. The molecule has 3 aromatic rings. The highest BCUT2D eigenvalue weighted by atomic mass is 32.1. The summed E-state index contributed by atoms with van der Waals surface area (Å²) in [6.45, 7) is 3.36. The third-order valence-electron chi connectivity index (χ3n) is 6.06. The van der Waals surface area contributed by atoms with Crippen LogP contribution in [-0.2, 0) is 10.3 Å². The maximum atomic E-state index is 13.0. The van der Waals surface area contributed by atoms with Crippen molar-refractivity contribution in [2.75, 3.05) is 19.7 Å². The zero-order valence-electron chi connectivity index (χ0n) is 15.7. The minimum atomic E-state index is -1.02. The molecule has 7 heteroatoms. The van der Waals surface area contributed by atoms with Crippen molar-refractivity contribution in [3.8, 4) is 0 Å². The van der Waals surface area contributed by atoms with E-state index in [1.807, 2.05) is 41.5 Å². The van der Waals surface area contributed by atoms with Gasteiger partial charge in [0.05, 0.1) is 12.2 Å². The van der Waals surface area contributed by atoms with Crippen LogP contribution in [0.4, 0.5) is 0 Å². The van der Waals surface area contributed by atoms with Crippen LogP contribution in [0.15, 0.2) is 40.3 Å². The van der Waals surface area contributed by atoms with E-state index in [4.69, 9.17) is 9.15 Å². The van der Waals surface area contributed by atoms with Crippen molar-refractivity contribution in [1.29, 1.82) is 0 Å². The van der Waals surface area contributed by atoms with E-state index in [1.165, 1.54) is 11.3 Å². The Balaban J connectivity index is 1.31. The zero-order valence-corrected chi connectivity index (χ0v) is 16.5. The van der Waals surface area contributed by atoms with Crippen LogP contribution in [0.25, 0.3) is 11.0 Å². The normalized spacial score (nSPS) is 24.3. The third kappa shape index (κ3) is 2.77. The lowest BCUT2D eigenvalue weighted by Gasteiger charge is -2.38. The van der Waals surface area contributed by atoms with Crippen LogP contribution in [-0.4, -0.2) is 46.2 Å². The molecule has 5 rings (SSSR count). The Morgan fingerprint density at radius 3 is 2.79 bits per heavy atom. The number of amides is 1. The number of fused-ring (bicyclic) bond motifs is 1. The molecule has 0 unspecified atom stereocenters. The first kappa shape index (κ1) is 17.8. The second kappa shape index (κ2) is 6.40. The number of aliphatic hydroxyl groups is 1. The molecule has 1 N–H and O–H groups in total. The minimum Gasteiger partial charge on any atom is -0.451 e. The number of nitrogens with zero attached hydrogens (tertiary/aromatic N) is 2. The molecule has 4 heterocycles. The van der Waals surface area contributed by atoms with Gasteiger partial charge in [0, 0.05) is 42.0 Å². The number of likely N-dealkylation sites (tertiary alicyclic amines) is 1. The lowest BCUT2D eigenvalue weighted by Crippen LogP contribution is -2.47. The van der Waals surface area contributed by atoms with Crippen LogP contribution in [0.2, 0.25) is 0 Å². The number of thiazole rings is 1. The van der Waals surface area contributed by atoms with Gasteiger partial charge in [-0.15, -0.1) is 11.3 Å². The summed E-state index contributed by atoms with van der Waals surface area (Å²) in [7, 11) is 0. The Morgan fingerprint density at radius 2 is 2.07 bits per heavy atom. The van der Waals surface area contributed by atoms with Crippen LogP contribution in [0.1, 0.15) is 40.4 Å². The first-order valence-corrected chi connectivity index (χ1v) is 10.4. The summed E-state index contributed by atoms with van der Waals surface area (Å²) in [5.74, 6) is 0.348. The van der Waals surface area contributed by atoms with Crippen LogP contribution in [0, 0.1) is 6.92 Å². The summed E-state index contributed by atoms with van der Waals surface area (Å²) in [5.41, 5.74) is 0.219. The van der Waals surface area contributed by atoms with E-state index >= 15 is 0 Å². The zero-order chi connectivity index (χ0) is 19.4. The van der Waals surface area contributed by atoms with E-state index in [2.05, 4.69) is 4.98 Å². The molecule has 2 saturated heterocycles. The molecule has 146 valence electrons. The van der Waals surface area contributed by atoms with Gasteiger partial charge in [0.15, 0.2) is 5.76 Å². The van der Waals surface area contributed by atoms with Gasteiger partial charge in [-0.2, -0.15) is 0 Å². The maximum Gasteiger partial charge on any atom is 0.289 e. The van der Waals surface area contributed by atoms with Crippen molar-refractivity contribution >= 4 is 28.2 Å². The molecular weight excluding hydrogens is 376 g/mol. The number of furan rings is 1. The number of benzene rings is 1. The predicted octanol–water partition coefficient (Wildman–Crippen LogP) is 3.48. The molecule has 2 aromatic heterocycles. The molecule has 1 aromatic carbocycles. The first-order valence-electron chi connectivity index (χ1n) is 9.53. The summed E-state index contributed by atoms with van der Waals surface area (Å²) in [5, 5.41) is 14.5. The number of para-hydroxylation sites is 1. The van der Waals surface area contributed by atoms with E-state index in [-0.39, 0.29) is 18.1 Å². The molecule has 0 aliphatic carbocycles. The standard InChI is InChI=1S/C21H22N2O4S/c1-14-15-4-2-3-5-16(15)27-17(14)18(24)23-9-6-20(7-10-23)12-21(25,13-26-20)19-22-8-11-28-19/h2-5,8,11,25H,6-7,9-10,12-13H2,1H3/t21-/m0/s1. The molecule has 1 atom stereocenters. The Kier molecular flexibility index (Phi) is 4.08. The Morgan fingerprint density at radius 1 is 1.29 bits per heavy atom. The number of carbonyl (C=O) groups is 1. The fourth-order valence-corrected chi connectivity index (χ4v) is 5.18. The Labute approximate surface area is 166 Å². The summed E-state index contributed by atoms with van der Waals surface area (Å²) >= 11 is 1.45. The molecule has 2 aliphatic rings. The highest BCUT2D eigenvalue weighted by Gasteiger charge is 2.52. The van der Waals surface area contributed by atoms with Gasteiger partial charge in [-0.25, -0.2) is 4.98 Å². The number of rotatable bonds is 2. The highest BCUT2D eigenvalue weighted by Crippen LogP contribution is 2.45. The molecule has 1 amide bonds. The van der Waals surface area contributed by atoms with E-state index in [9.17, 15) is 9.90 Å². The Hall–Kier alpha value is -2.22. The average molecular weight is 398 g/mol. The summed E-state index contributed by atoms with van der Waals surface area (Å²) in [4.78, 5) is 19.1. The fourth-order valence-electron chi connectivity index (χ4n) is 4.46. The van der Waals surface area contributed by atoms with Crippen LogP contribution >= 0.6 is 11.3 Å². The van der Waals surface area contributed by atoms with Gasteiger partial charge < -0.3 is 19.2 Å². The second-order valence-corrected chi connectivity index (χ2v) is 8.76. The van der Waals surface area contributed by atoms with Gasteiger partial charge in [0.1, 0.15) is 16.2 Å². The second-order valence-electron chi connectivity index (χ2n) is 7.86. The van der Waals surface area contributed by atoms with Crippen molar-refractivity contribution in [3.05, 3.63) is 52.2 Å². The largest absolute Gasteiger partial charge is 0.451 e. The SMILES string of the molecule is Cc1c(C(=O)N2CCC3(CC2)C[C@@](O)(c2nccs2)CO3)oc2ccccc12. The molecule has 28 heavy (non-hydrogen) atoms. The topological polar surface area (TPSA) is 75.8 Å². The van der Waals surface area contributed by atoms with Crippen molar-refractivity contribution in [2.24, 2.45) is 0 Å². The van der Waals surface area contributed by atoms with Crippen LogP contribution < -0.4 is 0 Å². The summed E-state index contributed by atoms with van der Waals surface area (Å²) in [6.07, 6.45) is 3.64. The van der Waals surface area contributed by atoms with Crippen LogP contribution in [0.3, 0.4) is 0 Å². The molecule has 2 aliphatic heterocycles. The van der Waals surface area contributed by atoms with Crippen molar-refractivity contribution < 1.29 is 19.1 Å². The molecule has 1 spiro atoms. The summed E-state index contributed by atoms with van der Waals surface area (Å²) < 4.78 is 11.9. The summed E-state index contributed by atoms with van der Waals surface area (Å²) in [6, 6.07) is 7.72. The number of hydrogen-bond acceptors (Lipinski definition) is 6. The minimum absolute atomic E-state index is 0.0725. The third-order valence-corrected chi connectivity index (χ3v) is 7.03. The Bertz CT molecular complexity index is 1020. The number of aromatic nitrogens is 1. The number of carbonyl (C=O) groups excluding carboxylic acids is 1. The van der Waals surface area contributed by atoms with Gasteiger partial charge in [-0.05, 0) is 25.8 Å². The molecule has 0 saturated carbocycles. The molecule has 0 bridgehead atoms. The quantitative estimate of drug-likeness (QED) is 0.715. The maximum absolute atomic E-state index is 13.0. The monoisotopic (exact) mass is 398 g/mol. The van der Waals surface area contributed by atoms with Gasteiger partial charge in [0.2, 0.25) is 0 Å². The fraction of sp³-hybridized carbons (Fsp3) is 0.429. The smallest absolute Gasteiger partial charge is 0.289 e. The number of hydrogen-bond donors (Lipinski definition) is 1. The van der Waals surface area contributed by atoms with E-state index in [0.717, 1.165) is 16.5 Å².